The molecule has 3 N–H and O–H groups in total. The highest BCUT2D eigenvalue weighted by Gasteiger charge is 2.06. The number of H-pyrrole nitrogens is 2. The second kappa shape index (κ2) is 4.58. The van der Waals surface area contributed by atoms with Crippen LogP contribution >= 0.6 is 0 Å². The first-order valence-corrected chi connectivity index (χ1v) is 5.41. The van der Waals surface area contributed by atoms with E-state index in [1.165, 1.54) is 6.20 Å². The number of benzene rings is 1. The number of allylic oxidation sites excluding steroid dienone is 1. The molecule has 8 heteroatoms. The highest BCUT2D eigenvalue weighted by molar-refractivity contribution is 5.89. The van der Waals surface area contributed by atoms with Crippen molar-refractivity contribution in [2.45, 2.75) is 0 Å². The van der Waals surface area contributed by atoms with Gasteiger partial charge in [-0.1, -0.05) is 6.07 Å². The molecule has 0 saturated carbocycles. The Kier molecular flexibility index (Phi) is 2.63. The van der Waals surface area contributed by atoms with Crippen LogP contribution in [-0.2, 0) is 0 Å². The second-order valence-electron chi connectivity index (χ2n) is 3.65. The van der Waals surface area contributed by atoms with Crippen molar-refractivity contribution >= 4 is 22.3 Å². The number of nitrogens with one attached hydrogen (secondary N) is 3. The SMILES string of the molecule is N#CC(=CNc1cccc2[nH]cnc12)c1nn[nH]n1. The molecule has 0 amide bonds. The molecule has 0 aliphatic heterocycles. The maximum absolute atomic E-state index is 9.05. The van der Waals surface area contributed by atoms with Crippen molar-refractivity contribution in [3.63, 3.8) is 0 Å². The number of aromatic nitrogens is 6. The monoisotopic (exact) mass is 252 g/mol. The molecule has 0 spiro atoms. The third-order valence-corrected chi connectivity index (χ3v) is 2.53. The first kappa shape index (κ1) is 10.9. The van der Waals surface area contributed by atoms with Gasteiger partial charge in [0.1, 0.15) is 17.2 Å². The molecule has 3 aromatic rings. The number of anilines is 1. The molecule has 0 bridgehead atoms. The third kappa shape index (κ3) is 2.00. The summed E-state index contributed by atoms with van der Waals surface area (Å²) in [6, 6.07) is 7.67. The maximum Gasteiger partial charge on any atom is 0.216 e. The van der Waals surface area contributed by atoms with Crippen LogP contribution in [-0.4, -0.2) is 30.6 Å². The van der Waals surface area contributed by atoms with Gasteiger partial charge in [-0.3, -0.25) is 0 Å². The van der Waals surface area contributed by atoms with E-state index in [-0.39, 0.29) is 11.4 Å². The fourth-order valence-corrected chi connectivity index (χ4v) is 1.65. The van der Waals surface area contributed by atoms with Gasteiger partial charge in [-0.25, -0.2) is 4.98 Å². The molecular weight excluding hydrogens is 244 g/mol. The summed E-state index contributed by atoms with van der Waals surface area (Å²) in [7, 11) is 0. The zero-order chi connectivity index (χ0) is 13.1. The molecule has 0 radical (unpaired) electrons. The van der Waals surface area contributed by atoms with E-state index in [0.717, 1.165) is 16.7 Å². The number of hydrogen-bond acceptors (Lipinski definition) is 6. The largest absolute Gasteiger partial charge is 0.358 e. The van der Waals surface area contributed by atoms with E-state index in [0.29, 0.717) is 0 Å². The van der Waals surface area contributed by atoms with Gasteiger partial charge in [0.25, 0.3) is 0 Å². The Hall–Kier alpha value is -3.21. The number of rotatable bonds is 3. The molecule has 3 rings (SSSR count). The fourth-order valence-electron chi connectivity index (χ4n) is 1.65. The van der Waals surface area contributed by atoms with E-state index in [2.05, 4.69) is 35.9 Å². The van der Waals surface area contributed by atoms with E-state index in [9.17, 15) is 0 Å². The summed E-state index contributed by atoms with van der Waals surface area (Å²) in [5.74, 6) is 0.240. The van der Waals surface area contributed by atoms with Crippen LogP contribution in [0.4, 0.5) is 5.69 Å². The van der Waals surface area contributed by atoms with Crippen molar-refractivity contribution in [1.82, 2.24) is 30.6 Å². The van der Waals surface area contributed by atoms with Crippen LogP contribution < -0.4 is 5.32 Å². The van der Waals surface area contributed by atoms with Crippen molar-refractivity contribution in [1.29, 1.82) is 5.26 Å². The maximum atomic E-state index is 9.05. The Balaban J connectivity index is 1.93. The summed E-state index contributed by atoms with van der Waals surface area (Å²) < 4.78 is 0. The summed E-state index contributed by atoms with van der Waals surface area (Å²) in [5, 5.41) is 25.3. The molecule has 19 heavy (non-hydrogen) atoms. The number of nitrogens with zero attached hydrogens (tertiary/aromatic N) is 5. The molecule has 92 valence electrons. The van der Waals surface area contributed by atoms with Gasteiger partial charge in [0.05, 0.1) is 17.5 Å². The van der Waals surface area contributed by atoms with Gasteiger partial charge in [0.2, 0.25) is 5.82 Å². The smallest absolute Gasteiger partial charge is 0.216 e. The average molecular weight is 252 g/mol. The third-order valence-electron chi connectivity index (χ3n) is 2.53. The summed E-state index contributed by atoms with van der Waals surface area (Å²) in [6.07, 6.45) is 3.14. The van der Waals surface area contributed by atoms with Gasteiger partial charge < -0.3 is 10.3 Å². The Labute approximate surface area is 107 Å². The van der Waals surface area contributed by atoms with Gasteiger partial charge in [0, 0.05) is 6.20 Å². The van der Waals surface area contributed by atoms with Crippen LogP contribution in [0.3, 0.4) is 0 Å². The number of fused-ring (bicyclic) bond motifs is 1. The van der Waals surface area contributed by atoms with Crippen molar-refractivity contribution in [3.05, 3.63) is 36.6 Å². The van der Waals surface area contributed by atoms with Crippen LogP contribution in [0.15, 0.2) is 30.7 Å². The van der Waals surface area contributed by atoms with Gasteiger partial charge in [-0.05, 0) is 17.3 Å². The van der Waals surface area contributed by atoms with Gasteiger partial charge >= 0.3 is 0 Å². The quantitative estimate of drug-likeness (QED) is 0.599. The van der Waals surface area contributed by atoms with Crippen molar-refractivity contribution in [3.8, 4) is 6.07 Å². The molecule has 0 fully saturated rings. The number of imidazole rings is 1. The lowest BCUT2D eigenvalue weighted by atomic mass is 10.2. The van der Waals surface area contributed by atoms with Crippen molar-refractivity contribution in [2.75, 3.05) is 5.32 Å². The van der Waals surface area contributed by atoms with E-state index in [1.54, 1.807) is 6.33 Å². The van der Waals surface area contributed by atoms with Gasteiger partial charge in [-0.2, -0.15) is 10.5 Å². The fraction of sp³-hybridized carbons (Fsp3) is 0. The molecule has 0 aliphatic carbocycles. The van der Waals surface area contributed by atoms with Gasteiger partial charge in [0.15, 0.2) is 0 Å². The number of tetrazole rings is 1. The van der Waals surface area contributed by atoms with E-state index in [4.69, 9.17) is 5.26 Å². The predicted molar refractivity (Wildman–Crippen MR) is 67.5 cm³/mol. The Morgan fingerprint density at radius 2 is 2.37 bits per heavy atom. The molecule has 1 aromatic carbocycles. The summed E-state index contributed by atoms with van der Waals surface area (Å²) in [5.41, 5.74) is 2.77. The lowest BCUT2D eigenvalue weighted by Crippen LogP contribution is -1.93. The summed E-state index contributed by atoms with van der Waals surface area (Å²) in [4.78, 5) is 7.22. The molecule has 0 atom stereocenters. The topological polar surface area (TPSA) is 119 Å². The van der Waals surface area contributed by atoms with Crippen LogP contribution in [0.2, 0.25) is 0 Å². The normalized spacial score (nSPS) is 11.4. The zero-order valence-electron chi connectivity index (χ0n) is 9.62. The van der Waals surface area contributed by atoms with Gasteiger partial charge in [-0.15, -0.1) is 10.2 Å². The van der Waals surface area contributed by atoms with Crippen molar-refractivity contribution < 1.29 is 0 Å². The predicted octanol–water partition coefficient (Wildman–Crippen LogP) is 1.05. The number of aromatic amines is 2. The lowest BCUT2D eigenvalue weighted by Gasteiger charge is -2.01. The van der Waals surface area contributed by atoms with Crippen LogP contribution in [0, 0.1) is 11.3 Å². The molecule has 0 unspecified atom stereocenters. The molecule has 2 aromatic heterocycles. The summed E-state index contributed by atoms with van der Waals surface area (Å²) >= 11 is 0. The van der Waals surface area contributed by atoms with Crippen LogP contribution in [0.1, 0.15) is 5.82 Å². The minimum Gasteiger partial charge on any atom is -0.358 e. The Morgan fingerprint density at radius 1 is 1.42 bits per heavy atom. The summed E-state index contributed by atoms with van der Waals surface area (Å²) in [6.45, 7) is 0. The lowest BCUT2D eigenvalue weighted by molar-refractivity contribution is 0.881. The molecule has 2 heterocycles. The Bertz CT molecular complexity index is 761. The standard InChI is InChI=1S/C11H8N8/c12-4-7(11-16-18-19-17-11)5-13-8-2-1-3-9-10(8)15-6-14-9/h1-3,5-6,13H,(H,14,15)(H,16,17,18,19). The van der Waals surface area contributed by atoms with E-state index < -0.39 is 0 Å². The second-order valence-corrected chi connectivity index (χ2v) is 3.65. The molecule has 0 aliphatic rings. The number of hydrogen-bond donors (Lipinski definition) is 3. The molecule has 8 nitrogen and oxygen atoms in total. The number of nitriles is 1. The first-order chi connectivity index (χ1) is 9.38. The highest BCUT2D eigenvalue weighted by atomic mass is 15.5. The molecular formula is C11H8N8. The van der Waals surface area contributed by atoms with Crippen molar-refractivity contribution in [2.24, 2.45) is 0 Å². The highest BCUT2D eigenvalue weighted by Crippen LogP contribution is 2.20. The minimum absolute atomic E-state index is 0.240. The van der Waals surface area contributed by atoms with E-state index >= 15 is 0 Å². The molecule has 0 saturated heterocycles. The zero-order valence-corrected chi connectivity index (χ0v) is 9.62. The number of para-hydroxylation sites is 1. The average Bonchev–Trinajstić information content (AvgIpc) is 3.10. The van der Waals surface area contributed by atoms with Crippen LogP contribution in [0.5, 0.6) is 0 Å². The minimum atomic E-state index is 0.240. The first-order valence-electron chi connectivity index (χ1n) is 5.41. The Morgan fingerprint density at radius 3 is 3.16 bits per heavy atom. The van der Waals surface area contributed by atoms with Crippen LogP contribution in [0.25, 0.3) is 16.6 Å². The van der Waals surface area contributed by atoms with E-state index in [1.807, 2.05) is 24.3 Å².